The van der Waals surface area contributed by atoms with Gasteiger partial charge in [0.1, 0.15) is 22.3 Å². The Labute approximate surface area is 258 Å². The molecule has 3 heteroatoms. The molecule has 3 aromatic heterocycles. The molecule has 0 saturated carbocycles. The lowest BCUT2D eigenvalue weighted by molar-refractivity contribution is 0.670. The van der Waals surface area contributed by atoms with E-state index in [4.69, 9.17) is 8.83 Å². The fourth-order valence-corrected chi connectivity index (χ4v) is 7.16. The summed E-state index contributed by atoms with van der Waals surface area (Å²) < 4.78 is 15.2. The molecule has 0 N–H and O–H groups in total. The molecule has 0 bridgehead atoms. The van der Waals surface area contributed by atoms with E-state index in [2.05, 4.69) is 132 Å². The number of hydrogen-bond donors (Lipinski definition) is 0. The lowest BCUT2D eigenvalue weighted by Crippen LogP contribution is -1.93. The zero-order valence-corrected chi connectivity index (χ0v) is 24.2. The smallest absolute Gasteiger partial charge is 0.145 e. The van der Waals surface area contributed by atoms with Crippen molar-refractivity contribution in [3.63, 3.8) is 0 Å². The fraction of sp³-hybridized carbons (Fsp3) is 0. The van der Waals surface area contributed by atoms with Crippen LogP contribution < -0.4 is 0 Å². The molecule has 0 aliphatic rings. The van der Waals surface area contributed by atoms with Crippen molar-refractivity contribution >= 4 is 65.7 Å². The molecule has 10 rings (SSSR count). The van der Waals surface area contributed by atoms with Gasteiger partial charge in [0.25, 0.3) is 0 Å². The Morgan fingerprint density at radius 2 is 1.00 bits per heavy atom. The summed E-state index contributed by atoms with van der Waals surface area (Å²) in [4.78, 5) is 0. The lowest BCUT2D eigenvalue weighted by Gasteiger charge is -2.10. The summed E-state index contributed by atoms with van der Waals surface area (Å²) in [5.74, 6) is 0. The molecule has 45 heavy (non-hydrogen) atoms. The monoisotopic (exact) mass is 575 g/mol. The van der Waals surface area contributed by atoms with Gasteiger partial charge in [0.15, 0.2) is 0 Å². The Morgan fingerprint density at radius 1 is 0.378 bits per heavy atom. The Kier molecular flexibility index (Phi) is 5.00. The maximum Gasteiger partial charge on any atom is 0.145 e. The van der Waals surface area contributed by atoms with Crippen LogP contribution >= 0.6 is 0 Å². The average Bonchev–Trinajstić information content (AvgIpc) is 3.78. The highest BCUT2D eigenvalue weighted by atomic mass is 16.3. The first-order chi connectivity index (χ1) is 22.3. The first kappa shape index (κ1) is 24.4. The number of fused-ring (bicyclic) bond motifs is 10. The molecule has 0 radical (unpaired) electrons. The van der Waals surface area contributed by atoms with E-state index in [9.17, 15) is 0 Å². The van der Waals surface area contributed by atoms with E-state index in [0.717, 1.165) is 82.7 Å². The van der Waals surface area contributed by atoms with Gasteiger partial charge in [-0.1, -0.05) is 103 Å². The van der Waals surface area contributed by atoms with Crippen LogP contribution in [0.4, 0.5) is 0 Å². The second-order valence-electron chi connectivity index (χ2n) is 11.7. The van der Waals surface area contributed by atoms with Gasteiger partial charge in [-0.15, -0.1) is 0 Å². The van der Waals surface area contributed by atoms with Gasteiger partial charge in [0, 0.05) is 38.2 Å². The highest BCUT2D eigenvalue weighted by Gasteiger charge is 2.18. The van der Waals surface area contributed by atoms with E-state index in [1.165, 1.54) is 10.9 Å². The zero-order valence-electron chi connectivity index (χ0n) is 24.2. The molecule has 0 aliphatic heterocycles. The van der Waals surface area contributed by atoms with Crippen LogP contribution in [0.5, 0.6) is 0 Å². The summed E-state index contributed by atoms with van der Waals surface area (Å²) >= 11 is 0. The maximum atomic E-state index is 6.47. The predicted octanol–water partition coefficient (Wildman–Crippen LogP) is 11.9. The van der Waals surface area contributed by atoms with Crippen molar-refractivity contribution in [2.45, 2.75) is 0 Å². The molecule has 0 saturated heterocycles. The second-order valence-corrected chi connectivity index (χ2v) is 11.7. The van der Waals surface area contributed by atoms with Gasteiger partial charge in [-0.25, -0.2) is 0 Å². The third-order valence-electron chi connectivity index (χ3n) is 9.22. The van der Waals surface area contributed by atoms with Crippen molar-refractivity contribution in [1.29, 1.82) is 0 Å². The topological polar surface area (TPSA) is 31.2 Å². The van der Waals surface area contributed by atoms with Crippen LogP contribution in [0.1, 0.15) is 0 Å². The third kappa shape index (κ3) is 3.52. The van der Waals surface area contributed by atoms with Crippen molar-refractivity contribution in [1.82, 2.24) is 4.57 Å². The third-order valence-corrected chi connectivity index (χ3v) is 9.22. The summed E-state index contributed by atoms with van der Waals surface area (Å²) in [6.45, 7) is 0. The Balaban J connectivity index is 1.10. The van der Waals surface area contributed by atoms with Gasteiger partial charge in [0.05, 0.1) is 16.4 Å². The van der Waals surface area contributed by atoms with Crippen LogP contribution in [0.25, 0.3) is 93.6 Å². The number of benzene rings is 7. The molecule has 0 aliphatic carbocycles. The highest BCUT2D eigenvalue weighted by molar-refractivity contribution is 6.23. The number of rotatable bonds is 3. The van der Waals surface area contributed by atoms with Crippen molar-refractivity contribution in [2.75, 3.05) is 0 Å². The van der Waals surface area contributed by atoms with Crippen LogP contribution in [-0.4, -0.2) is 4.57 Å². The van der Waals surface area contributed by atoms with Gasteiger partial charge in [-0.05, 0) is 65.2 Å². The molecule has 3 nitrogen and oxygen atoms in total. The van der Waals surface area contributed by atoms with Gasteiger partial charge in [-0.2, -0.15) is 0 Å². The van der Waals surface area contributed by atoms with Gasteiger partial charge >= 0.3 is 0 Å². The fourth-order valence-electron chi connectivity index (χ4n) is 7.16. The van der Waals surface area contributed by atoms with E-state index in [1.54, 1.807) is 0 Å². The minimum Gasteiger partial charge on any atom is -0.455 e. The molecule has 210 valence electrons. The molecule has 0 fully saturated rings. The van der Waals surface area contributed by atoms with Crippen molar-refractivity contribution < 1.29 is 8.83 Å². The maximum absolute atomic E-state index is 6.47. The van der Waals surface area contributed by atoms with Crippen LogP contribution in [0.2, 0.25) is 0 Å². The molecule has 3 heterocycles. The number of nitrogens with zero attached hydrogens (tertiary/aromatic N) is 1. The van der Waals surface area contributed by atoms with Crippen molar-refractivity contribution in [3.8, 4) is 27.9 Å². The standard InChI is InChI=1S/C42H25NO2/c1-4-16-36-35(13-1)40-37(24-23-34-32-12-3-6-18-39(32)45-42(34)40)43(36)29-21-19-26(20-22-29)27-9-7-10-28(25-27)30-14-8-15-33-31-11-2-5-17-38(31)44-41(30)33/h1-25H. The van der Waals surface area contributed by atoms with Crippen molar-refractivity contribution in [3.05, 3.63) is 152 Å². The average molecular weight is 576 g/mol. The molecule has 0 amide bonds. The lowest BCUT2D eigenvalue weighted by atomic mass is 9.97. The number of para-hydroxylation sites is 4. The summed E-state index contributed by atoms with van der Waals surface area (Å²) in [6, 6.07) is 53.6. The first-order valence-corrected chi connectivity index (χ1v) is 15.3. The normalized spacial score (nSPS) is 12.0. The van der Waals surface area contributed by atoms with E-state index < -0.39 is 0 Å². The molecule has 0 unspecified atom stereocenters. The number of hydrogen-bond acceptors (Lipinski definition) is 2. The zero-order chi connectivity index (χ0) is 29.5. The largest absolute Gasteiger partial charge is 0.455 e. The minimum absolute atomic E-state index is 0.915. The quantitative estimate of drug-likeness (QED) is 0.210. The van der Waals surface area contributed by atoms with Gasteiger partial charge in [-0.3, -0.25) is 0 Å². The second kappa shape index (κ2) is 9.22. The van der Waals surface area contributed by atoms with Gasteiger partial charge in [0.2, 0.25) is 0 Å². The van der Waals surface area contributed by atoms with E-state index >= 15 is 0 Å². The minimum atomic E-state index is 0.915. The predicted molar refractivity (Wildman–Crippen MR) is 186 cm³/mol. The van der Waals surface area contributed by atoms with E-state index in [0.29, 0.717) is 0 Å². The summed E-state index contributed by atoms with van der Waals surface area (Å²) in [7, 11) is 0. The van der Waals surface area contributed by atoms with E-state index in [-0.39, 0.29) is 0 Å². The van der Waals surface area contributed by atoms with Crippen LogP contribution in [0.15, 0.2) is 160 Å². The summed E-state index contributed by atoms with van der Waals surface area (Å²) in [6.07, 6.45) is 0. The SMILES string of the molecule is c1cc(-c2ccc(-n3c4ccccc4c4c5oc6ccccc6c5ccc43)cc2)cc(-c2cccc3c2oc2ccccc23)c1. The highest BCUT2D eigenvalue weighted by Crippen LogP contribution is 2.41. The van der Waals surface area contributed by atoms with Crippen LogP contribution in [0, 0.1) is 0 Å². The number of aromatic nitrogens is 1. The van der Waals surface area contributed by atoms with Crippen molar-refractivity contribution in [2.24, 2.45) is 0 Å². The molecule has 10 aromatic rings. The first-order valence-electron chi connectivity index (χ1n) is 15.3. The van der Waals surface area contributed by atoms with Crippen LogP contribution in [0.3, 0.4) is 0 Å². The Bertz CT molecular complexity index is 2760. The molecule has 0 atom stereocenters. The van der Waals surface area contributed by atoms with Crippen LogP contribution in [-0.2, 0) is 0 Å². The Morgan fingerprint density at radius 3 is 1.80 bits per heavy atom. The molecular weight excluding hydrogens is 550 g/mol. The summed E-state index contributed by atoms with van der Waals surface area (Å²) in [5.41, 5.74) is 11.7. The molecule has 7 aromatic carbocycles. The molecular formula is C42H25NO2. The van der Waals surface area contributed by atoms with E-state index in [1.807, 2.05) is 24.3 Å². The molecule has 0 spiro atoms. The number of furan rings is 2. The summed E-state index contributed by atoms with van der Waals surface area (Å²) in [5, 5.41) is 6.92. The Hall–Kier alpha value is -6.06. The van der Waals surface area contributed by atoms with Gasteiger partial charge < -0.3 is 13.4 Å².